The van der Waals surface area contributed by atoms with Crippen molar-refractivity contribution >= 4 is 23.6 Å². The second kappa shape index (κ2) is 14.6. The number of nitriles is 1. The van der Waals surface area contributed by atoms with E-state index in [1.807, 2.05) is 36.4 Å². The van der Waals surface area contributed by atoms with E-state index in [0.29, 0.717) is 30.4 Å². The molecule has 258 valence electrons. The Balaban J connectivity index is 1.30. The standard InChI is InChI=1S/C35H40F3N9OS/c1-33(2,35(36,37)38)24-48-29-15-19-47(44-29)32-31-26-12-7-6-11-25(26)10-5-3-4-8-18-46(23-34(21-39)16-17-40-22-34)28-13-9-14-30(43-28)49-45-27(42-31)20-41-32/h6-7,9,11-15,19-20,40H,3-5,8,10,16-18,22-24H2,1-2H3,(H,42,45). The molecule has 4 aromatic rings. The summed E-state index contributed by atoms with van der Waals surface area (Å²) in [6.07, 6.45) is 4.46. The highest BCUT2D eigenvalue weighted by molar-refractivity contribution is 8.00. The van der Waals surface area contributed by atoms with Crippen LogP contribution in [0.3, 0.4) is 0 Å². The van der Waals surface area contributed by atoms with Crippen molar-refractivity contribution in [3.63, 3.8) is 0 Å². The van der Waals surface area contributed by atoms with Gasteiger partial charge in [-0.3, -0.25) is 0 Å². The molecule has 2 aliphatic heterocycles. The molecule has 0 spiro atoms. The number of fused-ring (bicyclic) bond motifs is 6. The molecule has 0 radical (unpaired) electrons. The maximum absolute atomic E-state index is 13.4. The first-order chi connectivity index (χ1) is 23.6. The van der Waals surface area contributed by atoms with Gasteiger partial charge < -0.3 is 19.7 Å². The fourth-order valence-corrected chi connectivity index (χ4v) is 6.54. The van der Waals surface area contributed by atoms with E-state index in [0.717, 1.165) is 87.4 Å². The Bertz CT molecular complexity index is 1780. The van der Waals surface area contributed by atoms with Crippen LogP contribution in [-0.4, -0.2) is 63.7 Å². The number of rotatable bonds is 6. The lowest BCUT2D eigenvalue weighted by atomic mass is 9.88. The number of aryl methyl sites for hydroxylation is 1. The van der Waals surface area contributed by atoms with Crippen LogP contribution in [0.25, 0.3) is 17.1 Å². The van der Waals surface area contributed by atoms with Crippen molar-refractivity contribution in [2.24, 2.45) is 10.8 Å². The first-order valence-corrected chi connectivity index (χ1v) is 17.4. The van der Waals surface area contributed by atoms with Gasteiger partial charge in [0.15, 0.2) is 11.6 Å². The van der Waals surface area contributed by atoms with E-state index in [-0.39, 0.29) is 5.88 Å². The van der Waals surface area contributed by atoms with Crippen LogP contribution in [0, 0.1) is 22.2 Å². The van der Waals surface area contributed by atoms with E-state index in [2.05, 4.69) is 32.2 Å². The third-order valence-corrected chi connectivity index (χ3v) is 9.79. The number of nitrogens with one attached hydrogen (secondary N) is 2. The largest absolute Gasteiger partial charge is 0.476 e. The zero-order valence-electron chi connectivity index (χ0n) is 27.6. The third kappa shape index (κ3) is 8.11. The average molecular weight is 692 g/mol. The summed E-state index contributed by atoms with van der Waals surface area (Å²) in [7, 11) is 0. The zero-order chi connectivity index (χ0) is 34.5. The van der Waals surface area contributed by atoms with Crippen LogP contribution in [0.2, 0.25) is 0 Å². The van der Waals surface area contributed by atoms with Crippen molar-refractivity contribution in [2.45, 2.75) is 63.6 Å². The van der Waals surface area contributed by atoms with Gasteiger partial charge in [-0.15, -0.1) is 5.10 Å². The van der Waals surface area contributed by atoms with Crippen molar-refractivity contribution in [1.29, 1.82) is 5.26 Å². The predicted octanol–water partition coefficient (Wildman–Crippen LogP) is 7.24. The molecular formula is C35H40F3N9OS. The highest BCUT2D eigenvalue weighted by atomic mass is 32.2. The second-order valence-corrected chi connectivity index (χ2v) is 14.1. The number of hydrogen-bond donors (Lipinski definition) is 2. The number of aromatic nitrogens is 5. The van der Waals surface area contributed by atoms with Gasteiger partial charge in [0.1, 0.15) is 23.1 Å². The maximum atomic E-state index is 13.4. The molecule has 2 aliphatic rings. The topological polar surface area (TPSA) is 117 Å². The zero-order valence-corrected chi connectivity index (χ0v) is 28.4. The fraction of sp³-hybridized carbons (Fsp3) is 0.457. The minimum atomic E-state index is -4.42. The molecule has 5 heterocycles. The Morgan fingerprint density at radius 1 is 1.04 bits per heavy atom. The molecule has 4 bridgehead atoms. The summed E-state index contributed by atoms with van der Waals surface area (Å²) < 4.78 is 50.5. The number of nitrogens with zero attached hydrogens (tertiary/aromatic N) is 7. The van der Waals surface area contributed by atoms with Crippen LogP contribution in [0.15, 0.2) is 66.0 Å². The number of halogens is 3. The molecular weight excluding hydrogens is 652 g/mol. The van der Waals surface area contributed by atoms with Crippen LogP contribution in [-0.2, 0) is 6.42 Å². The molecule has 1 unspecified atom stereocenters. The van der Waals surface area contributed by atoms with Crippen molar-refractivity contribution in [3.8, 4) is 29.0 Å². The predicted molar refractivity (Wildman–Crippen MR) is 184 cm³/mol. The van der Waals surface area contributed by atoms with E-state index in [1.165, 1.54) is 22.7 Å². The Morgan fingerprint density at radius 3 is 2.67 bits per heavy atom. The molecule has 1 aromatic carbocycles. The summed E-state index contributed by atoms with van der Waals surface area (Å²) in [6, 6.07) is 18.1. The second-order valence-electron chi connectivity index (χ2n) is 13.3. The van der Waals surface area contributed by atoms with Gasteiger partial charge in [-0.1, -0.05) is 43.2 Å². The van der Waals surface area contributed by atoms with E-state index >= 15 is 0 Å². The van der Waals surface area contributed by atoms with E-state index in [1.54, 1.807) is 12.4 Å². The smallest absolute Gasteiger partial charge is 0.397 e. The molecule has 0 aliphatic carbocycles. The minimum absolute atomic E-state index is 0.0616. The van der Waals surface area contributed by atoms with Crippen LogP contribution >= 0.6 is 11.9 Å². The van der Waals surface area contributed by atoms with E-state index in [9.17, 15) is 18.4 Å². The van der Waals surface area contributed by atoms with E-state index < -0.39 is 23.6 Å². The molecule has 0 saturated carbocycles. The van der Waals surface area contributed by atoms with Crippen LogP contribution in [0.1, 0.15) is 51.5 Å². The number of ether oxygens (including phenoxy) is 1. The molecule has 2 N–H and O–H groups in total. The number of hydrogen-bond acceptors (Lipinski definition) is 10. The van der Waals surface area contributed by atoms with Crippen LogP contribution in [0.4, 0.5) is 24.8 Å². The number of alkyl halides is 3. The third-order valence-electron chi connectivity index (χ3n) is 9.05. The van der Waals surface area contributed by atoms with Gasteiger partial charge in [0.25, 0.3) is 0 Å². The maximum Gasteiger partial charge on any atom is 0.397 e. The highest BCUT2D eigenvalue weighted by Gasteiger charge is 2.48. The number of anilines is 2. The molecule has 6 rings (SSSR count). The summed E-state index contributed by atoms with van der Waals surface area (Å²) >= 11 is 1.32. The molecule has 49 heavy (non-hydrogen) atoms. The lowest BCUT2D eigenvalue weighted by molar-refractivity contribution is -0.219. The molecule has 1 fully saturated rings. The first kappa shape index (κ1) is 34.5. The molecule has 14 heteroatoms. The monoisotopic (exact) mass is 691 g/mol. The lowest BCUT2D eigenvalue weighted by Gasteiger charge is -2.31. The normalized spacial score (nSPS) is 19.0. The summed E-state index contributed by atoms with van der Waals surface area (Å²) in [6.45, 7) is 4.57. The minimum Gasteiger partial charge on any atom is -0.476 e. The van der Waals surface area contributed by atoms with Gasteiger partial charge in [0, 0.05) is 49.4 Å². The Morgan fingerprint density at radius 2 is 1.88 bits per heavy atom. The summed E-state index contributed by atoms with van der Waals surface area (Å²) in [5.74, 6) is 1.83. The van der Waals surface area contributed by atoms with Gasteiger partial charge in [0.2, 0.25) is 5.88 Å². The number of pyridine rings is 1. The van der Waals surface area contributed by atoms with Gasteiger partial charge in [-0.05, 0) is 63.8 Å². The average Bonchev–Trinajstić information content (AvgIpc) is 3.77. The SMILES string of the molecule is CC(C)(COc1ccn(-c2ncc3nc2-c2ccccc2CCCCCCN(CC2(C#N)CCNC2)c2cccc(n2)SN3)n1)C(F)(F)F. The van der Waals surface area contributed by atoms with Crippen molar-refractivity contribution in [3.05, 3.63) is 66.5 Å². The molecule has 10 nitrogen and oxygen atoms in total. The Kier molecular flexibility index (Phi) is 10.3. The quantitative estimate of drug-likeness (QED) is 0.201. The van der Waals surface area contributed by atoms with Crippen LogP contribution < -0.4 is 19.7 Å². The summed E-state index contributed by atoms with van der Waals surface area (Å²) in [5, 5.41) is 18.6. The lowest BCUT2D eigenvalue weighted by Crippen LogP contribution is -2.39. The Hall–Kier alpha value is -4.35. The summed E-state index contributed by atoms with van der Waals surface area (Å²) in [5.41, 5.74) is 0.111. The van der Waals surface area contributed by atoms with Gasteiger partial charge >= 0.3 is 6.18 Å². The molecule has 0 amide bonds. The molecule has 3 aromatic heterocycles. The summed E-state index contributed by atoms with van der Waals surface area (Å²) in [4.78, 5) is 16.9. The molecule has 1 atom stereocenters. The van der Waals surface area contributed by atoms with Gasteiger partial charge in [0.05, 0.1) is 23.1 Å². The highest BCUT2D eigenvalue weighted by Crippen LogP contribution is 2.38. The molecule has 1 saturated heterocycles. The van der Waals surface area contributed by atoms with E-state index in [4.69, 9.17) is 19.7 Å². The fourth-order valence-electron chi connectivity index (χ4n) is 5.95. The first-order valence-electron chi connectivity index (χ1n) is 16.5. The van der Waals surface area contributed by atoms with Gasteiger partial charge in [-0.25, -0.2) is 19.6 Å². The van der Waals surface area contributed by atoms with Crippen LogP contribution in [0.5, 0.6) is 5.88 Å². The van der Waals surface area contributed by atoms with Crippen molar-refractivity contribution < 1.29 is 17.9 Å². The number of benzene rings is 1. The van der Waals surface area contributed by atoms with Crippen molar-refractivity contribution in [1.82, 2.24) is 30.0 Å². The van der Waals surface area contributed by atoms with Gasteiger partial charge in [-0.2, -0.15) is 18.4 Å². The van der Waals surface area contributed by atoms with Crippen molar-refractivity contribution in [2.75, 3.05) is 42.4 Å². The Labute approximate surface area is 288 Å².